The fraction of sp³-hybridized carbons (Fsp3) is 1.00. The van der Waals surface area contributed by atoms with Crippen LogP contribution in [-0.4, -0.2) is 22.6 Å². The van der Waals surface area contributed by atoms with Gasteiger partial charge in [-0.3, -0.25) is 0 Å². The van der Waals surface area contributed by atoms with E-state index in [1.807, 2.05) is 0 Å². The molecule has 0 aromatic heterocycles. The predicted octanol–water partition coefficient (Wildman–Crippen LogP) is 6.24. The van der Waals surface area contributed by atoms with E-state index in [1.54, 1.807) is 0 Å². The van der Waals surface area contributed by atoms with E-state index in [4.69, 9.17) is 22.5 Å². The second-order valence-corrected chi connectivity index (χ2v) is 13.9. The van der Waals surface area contributed by atoms with E-state index >= 15 is 0 Å². The molecule has 0 spiro atoms. The van der Waals surface area contributed by atoms with Crippen LogP contribution in [0.3, 0.4) is 0 Å². The Morgan fingerprint density at radius 2 is 1.20 bits per heavy atom. The maximum absolute atomic E-state index is 5.83. The molecule has 4 heteroatoms. The van der Waals surface area contributed by atoms with E-state index in [-0.39, 0.29) is 7.92 Å². The van der Waals surface area contributed by atoms with Crippen molar-refractivity contribution in [1.29, 1.82) is 0 Å². The fourth-order valence-corrected chi connectivity index (χ4v) is 7.22. The maximum Gasteiger partial charge on any atom is 0.0854 e. The summed E-state index contributed by atoms with van der Waals surface area (Å²) in [5.41, 5.74) is 0. The van der Waals surface area contributed by atoms with E-state index in [0.29, 0.717) is 10.3 Å². The fourth-order valence-electron chi connectivity index (χ4n) is 2.03. The highest BCUT2D eigenvalue weighted by Crippen LogP contribution is 2.60. The smallest absolute Gasteiger partial charge is 0.0854 e. The lowest BCUT2D eigenvalue weighted by Gasteiger charge is -2.41. The van der Waals surface area contributed by atoms with Crippen molar-refractivity contribution in [2.75, 3.05) is 12.3 Å². The van der Waals surface area contributed by atoms with E-state index < -0.39 is 6.63 Å². The van der Waals surface area contributed by atoms with Crippen LogP contribution in [0.5, 0.6) is 0 Å². The van der Waals surface area contributed by atoms with E-state index in [9.17, 15) is 0 Å². The highest BCUT2D eigenvalue weighted by Gasteiger charge is 2.33. The van der Waals surface area contributed by atoms with Gasteiger partial charge in [0.05, 0.1) is 6.63 Å². The number of halogens is 2. The Labute approximate surface area is 108 Å². The number of hydrogen-bond acceptors (Lipinski definition) is 0. The SMILES string of the molecule is CC(C)(C)P(CCCP(Cl)Cl)C(C)(C)C. The molecule has 0 amide bonds. The van der Waals surface area contributed by atoms with Crippen LogP contribution in [0.4, 0.5) is 0 Å². The summed E-state index contributed by atoms with van der Waals surface area (Å²) in [4.78, 5) is 0. The Morgan fingerprint density at radius 1 is 0.800 bits per heavy atom. The molecule has 0 fully saturated rings. The van der Waals surface area contributed by atoms with Crippen molar-refractivity contribution in [2.24, 2.45) is 0 Å². The number of hydrogen-bond donors (Lipinski definition) is 0. The monoisotopic (exact) mass is 288 g/mol. The van der Waals surface area contributed by atoms with E-state index in [1.165, 1.54) is 12.6 Å². The summed E-state index contributed by atoms with van der Waals surface area (Å²) in [7, 11) is 0.0197. The van der Waals surface area contributed by atoms with Gasteiger partial charge in [-0.2, -0.15) is 0 Å². The van der Waals surface area contributed by atoms with Gasteiger partial charge in [-0.15, -0.1) is 0 Å². The van der Waals surface area contributed by atoms with E-state index in [2.05, 4.69) is 41.5 Å². The van der Waals surface area contributed by atoms with Crippen molar-refractivity contribution < 1.29 is 0 Å². The lowest BCUT2D eigenvalue weighted by molar-refractivity contribution is 0.701. The highest BCUT2D eigenvalue weighted by molar-refractivity contribution is 8.03. The predicted molar refractivity (Wildman–Crippen MR) is 79.4 cm³/mol. The van der Waals surface area contributed by atoms with Crippen LogP contribution < -0.4 is 0 Å². The van der Waals surface area contributed by atoms with Crippen molar-refractivity contribution in [3.05, 3.63) is 0 Å². The third kappa shape index (κ3) is 7.38. The highest BCUT2D eigenvalue weighted by atomic mass is 35.9. The maximum atomic E-state index is 5.83. The normalized spacial score (nSPS) is 14.0. The zero-order valence-electron chi connectivity index (χ0n) is 10.8. The standard InChI is InChI=1S/C11H24Cl2P2/c1-10(2,3)14(11(4,5)6)8-7-9-15(12)13/h7-9H2,1-6H3. The van der Waals surface area contributed by atoms with Crippen molar-refractivity contribution in [3.8, 4) is 0 Å². The summed E-state index contributed by atoms with van der Waals surface area (Å²) in [5, 5.41) is 0.851. The van der Waals surface area contributed by atoms with Gasteiger partial charge >= 0.3 is 0 Å². The van der Waals surface area contributed by atoms with Crippen LogP contribution in [0.15, 0.2) is 0 Å². The molecule has 0 saturated carbocycles. The molecular formula is C11H24Cl2P2. The summed E-state index contributed by atoms with van der Waals surface area (Å²) in [6.45, 7) is 13.4. The minimum absolute atomic E-state index is 0.0197. The van der Waals surface area contributed by atoms with E-state index in [0.717, 1.165) is 6.16 Å². The summed E-state index contributed by atoms with van der Waals surface area (Å²) in [5.74, 6) is 0. The van der Waals surface area contributed by atoms with Gasteiger partial charge in [0.2, 0.25) is 0 Å². The second kappa shape index (κ2) is 6.39. The first-order chi connectivity index (χ1) is 6.55. The van der Waals surface area contributed by atoms with Crippen LogP contribution in [0.1, 0.15) is 48.0 Å². The van der Waals surface area contributed by atoms with Gasteiger partial charge in [0.15, 0.2) is 0 Å². The average molecular weight is 289 g/mol. The molecule has 0 aromatic rings. The molecule has 92 valence electrons. The summed E-state index contributed by atoms with van der Waals surface area (Å²) in [6.07, 6.45) is 3.46. The second-order valence-electron chi connectivity index (χ2n) is 5.87. The third-order valence-electron chi connectivity index (χ3n) is 2.33. The molecule has 0 heterocycles. The first-order valence-electron chi connectivity index (χ1n) is 5.42. The molecule has 0 nitrogen and oxygen atoms in total. The Hall–Kier alpha value is 1.44. The van der Waals surface area contributed by atoms with Crippen molar-refractivity contribution in [1.82, 2.24) is 0 Å². The first kappa shape index (κ1) is 16.4. The summed E-state index contributed by atoms with van der Waals surface area (Å²) in [6, 6.07) is 0. The summed E-state index contributed by atoms with van der Waals surface area (Å²) < 4.78 is 0. The number of rotatable bonds is 4. The molecule has 0 aliphatic heterocycles. The van der Waals surface area contributed by atoms with Crippen LogP contribution in [0, 0.1) is 0 Å². The molecule has 0 bridgehead atoms. The van der Waals surface area contributed by atoms with Gasteiger partial charge in [0.25, 0.3) is 0 Å². The topological polar surface area (TPSA) is 0 Å². The molecule has 15 heavy (non-hydrogen) atoms. The Kier molecular flexibility index (Phi) is 7.01. The first-order valence-corrected chi connectivity index (χ1v) is 10.3. The Morgan fingerprint density at radius 3 is 1.47 bits per heavy atom. The quantitative estimate of drug-likeness (QED) is 0.537. The molecular weight excluding hydrogens is 265 g/mol. The molecule has 0 radical (unpaired) electrons. The summed E-state index contributed by atoms with van der Waals surface area (Å²) >= 11 is 11.7. The lowest BCUT2D eigenvalue weighted by Crippen LogP contribution is -2.26. The Balaban J connectivity index is 4.29. The Bertz CT molecular complexity index is 166. The van der Waals surface area contributed by atoms with Crippen molar-refractivity contribution >= 4 is 37.0 Å². The molecule has 0 unspecified atom stereocenters. The minimum Gasteiger partial charge on any atom is -0.0956 e. The van der Waals surface area contributed by atoms with Crippen molar-refractivity contribution in [2.45, 2.75) is 58.3 Å². The van der Waals surface area contributed by atoms with Crippen molar-refractivity contribution in [3.63, 3.8) is 0 Å². The molecule has 0 rings (SSSR count). The molecule has 0 atom stereocenters. The molecule has 0 aromatic carbocycles. The lowest BCUT2D eigenvalue weighted by atomic mass is 10.2. The van der Waals surface area contributed by atoms with Crippen LogP contribution in [0.25, 0.3) is 0 Å². The molecule has 0 N–H and O–H groups in total. The van der Waals surface area contributed by atoms with Gasteiger partial charge in [0, 0.05) is 0 Å². The third-order valence-corrected chi connectivity index (χ3v) is 8.00. The molecule has 0 saturated heterocycles. The van der Waals surface area contributed by atoms with Crippen LogP contribution in [0.2, 0.25) is 0 Å². The molecule has 0 aliphatic rings. The zero-order chi connectivity index (χ0) is 12.3. The van der Waals surface area contributed by atoms with Gasteiger partial charge in [0.1, 0.15) is 0 Å². The van der Waals surface area contributed by atoms with Gasteiger partial charge in [-0.1, -0.05) is 71.9 Å². The zero-order valence-corrected chi connectivity index (χ0v) is 14.1. The molecule has 0 aliphatic carbocycles. The largest absolute Gasteiger partial charge is 0.0956 e. The van der Waals surface area contributed by atoms with Crippen LogP contribution >= 0.6 is 37.0 Å². The van der Waals surface area contributed by atoms with Crippen LogP contribution in [-0.2, 0) is 0 Å². The minimum atomic E-state index is -0.748. The van der Waals surface area contributed by atoms with Gasteiger partial charge in [-0.05, 0) is 29.1 Å². The van der Waals surface area contributed by atoms with Gasteiger partial charge in [-0.25, -0.2) is 0 Å². The average Bonchev–Trinajstić information content (AvgIpc) is 1.92. The van der Waals surface area contributed by atoms with Gasteiger partial charge < -0.3 is 0 Å².